The molecule has 2 aliphatic heterocycles. The van der Waals surface area contributed by atoms with Crippen LogP contribution in [0.4, 0.5) is 5.69 Å². The Hall–Kier alpha value is -3.12. The van der Waals surface area contributed by atoms with Gasteiger partial charge in [-0.05, 0) is 64.3 Å². The van der Waals surface area contributed by atoms with Gasteiger partial charge in [-0.1, -0.05) is 12.1 Å². The van der Waals surface area contributed by atoms with Crippen LogP contribution in [0.5, 0.6) is 11.5 Å². The van der Waals surface area contributed by atoms with Gasteiger partial charge in [0.15, 0.2) is 11.5 Å². The van der Waals surface area contributed by atoms with Gasteiger partial charge >= 0.3 is 0 Å². The summed E-state index contributed by atoms with van der Waals surface area (Å²) in [4.78, 5) is 6.63. The number of nitrogens with zero attached hydrogens (tertiary/aromatic N) is 4. The van der Waals surface area contributed by atoms with Crippen molar-refractivity contribution in [2.45, 2.75) is 58.1 Å². The van der Waals surface area contributed by atoms with E-state index < -0.39 is 25.6 Å². The molecule has 0 amide bonds. The van der Waals surface area contributed by atoms with Gasteiger partial charge in [-0.25, -0.2) is 16.8 Å². The zero-order chi connectivity index (χ0) is 30.4. The molecule has 0 fully saturated rings. The van der Waals surface area contributed by atoms with Gasteiger partial charge in [-0.2, -0.15) is 4.40 Å². The Balaban J connectivity index is 1.72. The van der Waals surface area contributed by atoms with E-state index in [0.717, 1.165) is 52.8 Å². The van der Waals surface area contributed by atoms with E-state index in [4.69, 9.17) is 14.5 Å². The summed E-state index contributed by atoms with van der Waals surface area (Å²) in [5.41, 5.74) is 4.41. The largest absolute Gasteiger partial charge is 0.493 e. The van der Waals surface area contributed by atoms with Gasteiger partial charge in [-0.3, -0.25) is 9.30 Å². The molecule has 224 valence electrons. The third kappa shape index (κ3) is 7.03. The number of fused-ring (bicyclic) bond motifs is 3. The second-order valence-electron chi connectivity index (χ2n) is 12.1. The third-order valence-corrected chi connectivity index (χ3v) is 9.37. The lowest BCUT2D eigenvalue weighted by atomic mass is 9.80. The summed E-state index contributed by atoms with van der Waals surface area (Å²) in [5, 5.41) is 0. The molecular weight excluding hydrogens is 564 g/mol. The van der Waals surface area contributed by atoms with Gasteiger partial charge in [0.25, 0.3) is 10.0 Å². The highest BCUT2D eigenvalue weighted by atomic mass is 32.2. The first-order valence-electron chi connectivity index (χ1n) is 13.5. The highest BCUT2D eigenvalue weighted by Gasteiger charge is 2.39. The van der Waals surface area contributed by atoms with Crippen LogP contribution in [0.15, 0.2) is 39.7 Å². The van der Waals surface area contributed by atoms with Crippen molar-refractivity contribution < 1.29 is 26.3 Å². The highest BCUT2D eigenvalue weighted by Crippen LogP contribution is 2.48. The SMILES string of the molecule is COc1cc2c(c3c1OC(C)(C)C3)CC(C)(C)N=C2c1cccc(N(CCCS(=O)(=O)N=CN(C)C)S(C)(=O)=O)c1. The molecule has 10 nitrogen and oxygen atoms in total. The summed E-state index contributed by atoms with van der Waals surface area (Å²) in [6.45, 7) is 8.27. The number of benzene rings is 2. The summed E-state index contributed by atoms with van der Waals surface area (Å²) in [5.74, 6) is 1.14. The molecule has 0 unspecified atom stereocenters. The molecule has 0 aliphatic carbocycles. The van der Waals surface area contributed by atoms with E-state index in [1.807, 2.05) is 12.1 Å². The summed E-state index contributed by atoms with van der Waals surface area (Å²) < 4.78 is 67.1. The van der Waals surface area contributed by atoms with Crippen LogP contribution in [0.3, 0.4) is 0 Å². The first-order valence-corrected chi connectivity index (χ1v) is 16.9. The molecule has 0 aromatic heterocycles. The first-order chi connectivity index (χ1) is 18.9. The minimum Gasteiger partial charge on any atom is -0.493 e. The molecule has 0 atom stereocenters. The topological polar surface area (TPSA) is 118 Å². The zero-order valence-electron chi connectivity index (χ0n) is 25.1. The van der Waals surface area contributed by atoms with Crippen LogP contribution in [0, 0.1) is 0 Å². The lowest BCUT2D eigenvalue weighted by Crippen LogP contribution is -2.32. The Morgan fingerprint density at radius 1 is 1.07 bits per heavy atom. The van der Waals surface area contributed by atoms with Crippen LogP contribution in [0.1, 0.15) is 56.4 Å². The number of hydrogen-bond acceptors (Lipinski definition) is 7. The fraction of sp³-hybridized carbons (Fsp3) is 0.517. The quantitative estimate of drug-likeness (QED) is 0.300. The van der Waals surface area contributed by atoms with Crippen molar-refractivity contribution in [3.05, 3.63) is 52.6 Å². The Morgan fingerprint density at radius 3 is 2.41 bits per heavy atom. The van der Waals surface area contributed by atoms with Crippen LogP contribution in [-0.2, 0) is 32.9 Å². The van der Waals surface area contributed by atoms with Crippen molar-refractivity contribution in [2.24, 2.45) is 9.39 Å². The number of sulfonamides is 2. The van der Waals surface area contributed by atoms with Gasteiger partial charge < -0.3 is 14.4 Å². The van der Waals surface area contributed by atoms with Crippen LogP contribution in [-0.4, -0.2) is 84.7 Å². The lowest BCUT2D eigenvalue weighted by molar-refractivity contribution is 0.134. The number of rotatable bonds is 10. The molecule has 41 heavy (non-hydrogen) atoms. The molecule has 12 heteroatoms. The Kier molecular flexibility index (Phi) is 8.23. The van der Waals surface area contributed by atoms with E-state index in [1.165, 1.54) is 15.5 Å². The van der Waals surface area contributed by atoms with Crippen molar-refractivity contribution >= 4 is 37.8 Å². The van der Waals surface area contributed by atoms with Crippen molar-refractivity contribution in [1.82, 2.24) is 4.90 Å². The van der Waals surface area contributed by atoms with Crippen LogP contribution < -0.4 is 13.8 Å². The molecule has 0 N–H and O–H groups in total. The second-order valence-corrected chi connectivity index (χ2v) is 15.8. The Bertz CT molecular complexity index is 1610. The fourth-order valence-corrected chi connectivity index (χ4v) is 7.18. The predicted octanol–water partition coefficient (Wildman–Crippen LogP) is 3.66. The number of methoxy groups -OCH3 is 1. The van der Waals surface area contributed by atoms with E-state index in [-0.39, 0.29) is 24.3 Å². The van der Waals surface area contributed by atoms with Gasteiger partial charge in [0.2, 0.25) is 10.0 Å². The van der Waals surface area contributed by atoms with Gasteiger partial charge in [0.05, 0.1) is 36.1 Å². The third-order valence-electron chi connectivity index (χ3n) is 6.95. The molecule has 2 aliphatic rings. The smallest absolute Gasteiger partial charge is 0.254 e. The normalized spacial score (nSPS) is 17.4. The molecule has 0 saturated heterocycles. The van der Waals surface area contributed by atoms with Crippen LogP contribution in [0.2, 0.25) is 0 Å². The summed E-state index contributed by atoms with van der Waals surface area (Å²) in [6.07, 6.45) is 3.90. The van der Waals surface area contributed by atoms with E-state index in [9.17, 15) is 16.8 Å². The summed E-state index contributed by atoms with van der Waals surface area (Å²) in [6, 6.07) is 9.17. The molecule has 0 spiro atoms. The highest BCUT2D eigenvalue weighted by molar-refractivity contribution is 7.92. The molecular formula is C29H40N4O6S2. The van der Waals surface area contributed by atoms with Crippen LogP contribution in [0.25, 0.3) is 0 Å². The maximum absolute atomic E-state index is 12.8. The van der Waals surface area contributed by atoms with Crippen LogP contribution >= 0.6 is 0 Å². The molecule has 4 rings (SSSR count). The van der Waals surface area contributed by atoms with E-state index in [0.29, 0.717) is 11.4 Å². The van der Waals surface area contributed by atoms with Crippen molar-refractivity contribution in [2.75, 3.05) is 44.1 Å². The zero-order valence-corrected chi connectivity index (χ0v) is 26.7. The standard InChI is InChI=1S/C29H40N4O6S2/c1-28(2)17-23-22(16-25(38-7)27-24(23)18-29(3,4)39-27)26(31-28)20-11-9-12-21(15-20)33(40(8,34)35)13-10-14-41(36,37)30-19-32(5)6/h9,11-12,15-16,19H,10,13-14,17-18H2,1-8H3. The molecule has 2 aromatic carbocycles. The van der Waals surface area contributed by atoms with Gasteiger partial charge in [0, 0.05) is 43.8 Å². The predicted molar refractivity (Wildman–Crippen MR) is 164 cm³/mol. The van der Waals surface area contributed by atoms with Crippen molar-refractivity contribution in [1.29, 1.82) is 0 Å². The molecule has 2 heterocycles. The Morgan fingerprint density at radius 2 is 1.78 bits per heavy atom. The number of ether oxygens (including phenoxy) is 2. The monoisotopic (exact) mass is 604 g/mol. The minimum absolute atomic E-state index is 0.0126. The molecule has 0 bridgehead atoms. The average Bonchev–Trinajstić information content (AvgIpc) is 3.19. The Labute approximate surface area is 244 Å². The number of hydrogen-bond donors (Lipinski definition) is 0. The first kappa shape index (κ1) is 30.8. The maximum Gasteiger partial charge on any atom is 0.254 e. The van der Waals surface area contributed by atoms with E-state index in [1.54, 1.807) is 39.4 Å². The molecule has 0 saturated carbocycles. The molecule has 0 radical (unpaired) electrons. The van der Waals surface area contributed by atoms with Crippen molar-refractivity contribution in [3.8, 4) is 11.5 Å². The van der Waals surface area contributed by atoms with Crippen molar-refractivity contribution in [3.63, 3.8) is 0 Å². The lowest BCUT2D eigenvalue weighted by Gasteiger charge is -2.31. The fourth-order valence-electron chi connectivity index (χ4n) is 5.29. The van der Waals surface area contributed by atoms with E-state index in [2.05, 4.69) is 32.1 Å². The van der Waals surface area contributed by atoms with E-state index >= 15 is 0 Å². The number of aliphatic imine (C=N–C) groups is 1. The number of anilines is 1. The summed E-state index contributed by atoms with van der Waals surface area (Å²) >= 11 is 0. The maximum atomic E-state index is 12.8. The molecule has 2 aromatic rings. The summed E-state index contributed by atoms with van der Waals surface area (Å²) in [7, 11) is -2.47. The van der Waals surface area contributed by atoms with Gasteiger partial charge in [0.1, 0.15) is 11.9 Å². The average molecular weight is 605 g/mol. The minimum atomic E-state index is -3.73. The van der Waals surface area contributed by atoms with Gasteiger partial charge in [-0.15, -0.1) is 0 Å². The second kappa shape index (κ2) is 10.9.